The van der Waals surface area contributed by atoms with E-state index in [-0.39, 0.29) is 0 Å². The molecule has 1 aliphatic heterocycles. The molecule has 1 saturated heterocycles. The van der Waals surface area contributed by atoms with E-state index in [1.807, 2.05) is 6.07 Å². The van der Waals surface area contributed by atoms with Gasteiger partial charge < -0.3 is 5.32 Å². The molecule has 2 aliphatic rings. The number of nitrogens with one attached hydrogen (secondary N) is 1. The molecular formula is C18H16F3N. The third-order valence-corrected chi connectivity index (χ3v) is 4.85. The van der Waals surface area contributed by atoms with Crippen molar-refractivity contribution in [3.8, 4) is 11.1 Å². The number of piperidine rings is 1. The van der Waals surface area contributed by atoms with Gasteiger partial charge >= 0.3 is 6.18 Å². The standard InChI is InChI=1S/C18H16F3N/c19-18(20,21)14-4-1-11(2-5-14)12-3-6-15-13-7-8-22-17(10-13)16(15)9-12/h1-6,9,13,17,22H,7-8,10H2/t13-,17?/m0/s1. The molecule has 2 aromatic rings. The van der Waals surface area contributed by atoms with Gasteiger partial charge in [-0.05, 0) is 65.8 Å². The van der Waals surface area contributed by atoms with Crippen LogP contribution in [0.2, 0.25) is 0 Å². The van der Waals surface area contributed by atoms with Crippen LogP contribution in [0.15, 0.2) is 42.5 Å². The van der Waals surface area contributed by atoms with Gasteiger partial charge in [-0.25, -0.2) is 0 Å². The average Bonchev–Trinajstić information content (AvgIpc) is 2.77. The van der Waals surface area contributed by atoms with Crippen molar-refractivity contribution >= 4 is 0 Å². The predicted octanol–water partition coefficient (Wildman–Crippen LogP) is 4.89. The highest BCUT2D eigenvalue weighted by molar-refractivity contribution is 5.66. The fourth-order valence-electron chi connectivity index (χ4n) is 3.72. The van der Waals surface area contributed by atoms with E-state index >= 15 is 0 Å². The zero-order valence-corrected chi connectivity index (χ0v) is 12.0. The van der Waals surface area contributed by atoms with E-state index in [1.165, 1.54) is 17.5 Å². The Balaban J connectivity index is 1.70. The van der Waals surface area contributed by atoms with Crippen molar-refractivity contribution in [3.63, 3.8) is 0 Å². The van der Waals surface area contributed by atoms with E-state index in [0.29, 0.717) is 12.0 Å². The van der Waals surface area contributed by atoms with E-state index in [1.54, 1.807) is 12.1 Å². The van der Waals surface area contributed by atoms with Crippen molar-refractivity contribution in [2.45, 2.75) is 31.0 Å². The van der Waals surface area contributed by atoms with Crippen molar-refractivity contribution < 1.29 is 13.2 Å². The molecule has 1 unspecified atom stereocenters. The Morgan fingerprint density at radius 2 is 1.64 bits per heavy atom. The molecule has 22 heavy (non-hydrogen) atoms. The van der Waals surface area contributed by atoms with Crippen molar-refractivity contribution in [3.05, 3.63) is 59.2 Å². The third-order valence-electron chi connectivity index (χ3n) is 4.85. The Bertz CT molecular complexity index is 703. The van der Waals surface area contributed by atoms with Gasteiger partial charge in [0.2, 0.25) is 0 Å². The number of fused-ring (bicyclic) bond motifs is 5. The first-order valence-electron chi connectivity index (χ1n) is 7.57. The summed E-state index contributed by atoms with van der Waals surface area (Å²) in [6, 6.07) is 12.1. The van der Waals surface area contributed by atoms with Gasteiger partial charge in [0.05, 0.1) is 5.56 Å². The first-order valence-corrected chi connectivity index (χ1v) is 7.57. The van der Waals surface area contributed by atoms with Gasteiger partial charge in [0.25, 0.3) is 0 Å². The van der Waals surface area contributed by atoms with Crippen LogP contribution >= 0.6 is 0 Å². The van der Waals surface area contributed by atoms with Crippen LogP contribution in [0, 0.1) is 0 Å². The molecule has 4 rings (SSSR count). The lowest BCUT2D eigenvalue weighted by Crippen LogP contribution is -2.25. The Morgan fingerprint density at radius 3 is 2.36 bits per heavy atom. The number of benzene rings is 2. The van der Waals surface area contributed by atoms with E-state index in [9.17, 15) is 13.2 Å². The van der Waals surface area contributed by atoms with Gasteiger partial charge in [-0.3, -0.25) is 0 Å². The summed E-state index contributed by atoms with van der Waals surface area (Å²) in [5.74, 6) is 0.642. The molecule has 0 aromatic heterocycles. The molecule has 2 aromatic carbocycles. The Morgan fingerprint density at radius 1 is 0.909 bits per heavy atom. The predicted molar refractivity (Wildman–Crippen MR) is 79.6 cm³/mol. The summed E-state index contributed by atoms with van der Waals surface area (Å²) in [6.45, 7) is 1.04. The van der Waals surface area contributed by atoms with Crippen LogP contribution in [0.5, 0.6) is 0 Å². The minimum absolute atomic E-state index is 0.406. The van der Waals surface area contributed by atoms with Crippen molar-refractivity contribution in [1.82, 2.24) is 5.32 Å². The second-order valence-electron chi connectivity index (χ2n) is 6.15. The van der Waals surface area contributed by atoms with Crippen LogP contribution < -0.4 is 5.32 Å². The SMILES string of the molecule is FC(F)(F)c1ccc(-c2ccc3c(c2)C2C[C@@H]3CCN2)cc1. The maximum Gasteiger partial charge on any atom is 0.416 e. The number of halogens is 3. The number of hydrogen-bond acceptors (Lipinski definition) is 1. The lowest BCUT2D eigenvalue weighted by Gasteiger charge is -2.20. The van der Waals surface area contributed by atoms with Gasteiger partial charge in [0, 0.05) is 6.04 Å². The van der Waals surface area contributed by atoms with Gasteiger partial charge in [0.15, 0.2) is 0 Å². The molecule has 1 heterocycles. The fraction of sp³-hybridized carbons (Fsp3) is 0.333. The van der Waals surface area contributed by atoms with Crippen LogP contribution in [-0.4, -0.2) is 6.54 Å². The van der Waals surface area contributed by atoms with Crippen molar-refractivity contribution in [2.75, 3.05) is 6.54 Å². The largest absolute Gasteiger partial charge is 0.416 e. The van der Waals surface area contributed by atoms with Crippen molar-refractivity contribution in [2.24, 2.45) is 0 Å². The zero-order chi connectivity index (χ0) is 15.3. The lowest BCUT2D eigenvalue weighted by atomic mass is 9.95. The monoisotopic (exact) mass is 303 g/mol. The summed E-state index contributed by atoms with van der Waals surface area (Å²) in [5, 5.41) is 3.53. The molecule has 1 aliphatic carbocycles. The highest BCUT2D eigenvalue weighted by atomic mass is 19.4. The summed E-state index contributed by atoms with van der Waals surface area (Å²) in [7, 11) is 0. The summed E-state index contributed by atoms with van der Waals surface area (Å²) >= 11 is 0. The minimum atomic E-state index is -4.28. The molecule has 2 bridgehead atoms. The fourth-order valence-corrected chi connectivity index (χ4v) is 3.72. The molecule has 0 amide bonds. The molecule has 1 nitrogen and oxygen atoms in total. The van der Waals surface area contributed by atoms with Gasteiger partial charge in [0.1, 0.15) is 0 Å². The van der Waals surface area contributed by atoms with Crippen LogP contribution in [-0.2, 0) is 6.18 Å². The summed E-state index contributed by atoms with van der Waals surface area (Å²) in [4.78, 5) is 0. The topological polar surface area (TPSA) is 12.0 Å². The number of rotatable bonds is 1. The first-order chi connectivity index (χ1) is 10.5. The minimum Gasteiger partial charge on any atom is -0.310 e. The normalized spacial score (nSPS) is 23.4. The molecule has 1 fully saturated rings. The lowest BCUT2D eigenvalue weighted by molar-refractivity contribution is -0.137. The molecule has 0 saturated carbocycles. The summed E-state index contributed by atoms with van der Waals surface area (Å²) in [5.41, 5.74) is 3.94. The Hall–Kier alpha value is -1.81. The van der Waals surface area contributed by atoms with E-state index < -0.39 is 11.7 Å². The van der Waals surface area contributed by atoms with E-state index in [4.69, 9.17) is 0 Å². The van der Waals surface area contributed by atoms with E-state index in [2.05, 4.69) is 17.4 Å². The van der Waals surface area contributed by atoms with Crippen LogP contribution in [0.1, 0.15) is 41.5 Å². The molecule has 114 valence electrons. The highest BCUT2D eigenvalue weighted by Gasteiger charge is 2.34. The second kappa shape index (κ2) is 4.85. The summed E-state index contributed by atoms with van der Waals surface area (Å²) < 4.78 is 37.9. The number of hydrogen-bond donors (Lipinski definition) is 1. The van der Waals surface area contributed by atoms with Gasteiger partial charge in [-0.15, -0.1) is 0 Å². The molecule has 0 radical (unpaired) electrons. The zero-order valence-electron chi connectivity index (χ0n) is 12.0. The average molecular weight is 303 g/mol. The Labute approximate surface area is 127 Å². The van der Waals surface area contributed by atoms with Crippen molar-refractivity contribution in [1.29, 1.82) is 0 Å². The highest BCUT2D eigenvalue weighted by Crippen LogP contribution is 2.45. The third kappa shape index (κ3) is 2.22. The van der Waals surface area contributed by atoms with Crippen LogP contribution in [0.3, 0.4) is 0 Å². The first kappa shape index (κ1) is 13.8. The van der Waals surface area contributed by atoms with Crippen LogP contribution in [0.25, 0.3) is 11.1 Å². The van der Waals surface area contributed by atoms with Gasteiger partial charge in [-0.2, -0.15) is 13.2 Å². The number of alkyl halides is 3. The van der Waals surface area contributed by atoms with Gasteiger partial charge in [-0.1, -0.05) is 24.3 Å². The molecule has 0 spiro atoms. The Kier molecular flexibility index (Phi) is 3.05. The quantitative estimate of drug-likeness (QED) is 0.790. The molecule has 1 N–H and O–H groups in total. The molecular weight excluding hydrogens is 287 g/mol. The van der Waals surface area contributed by atoms with E-state index in [0.717, 1.165) is 36.2 Å². The molecule has 2 atom stereocenters. The maximum absolute atomic E-state index is 12.6. The molecule has 4 heteroatoms. The smallest absolute Gasteiger partial charge is 0.310 e. The second-order valence-corrected chi connectivity index (χ2v) is 6.15. The van der Waals surface area contributed by atoms with Crippen LogP contribution in [0.4, 0.5) is 13.2 Å². The maximum atomic E-state index is 12.6. The summed E-state index contributed by atoms with van der Waals surface area (Å²) in [6.07, 6.45) is -1.97.